The lowest BCUT2D eigenvalue weighted by molar-refractivity contribution is 0.102. The lowest BCUT2D eigenvalue weighted by Gasteiger charge is -2.29. The molecule has 0 atom stereocenters. The van der Waals surface area contributed by atoms with Gasteiger partial charge in [-0.25, -0.2) is 9.97 Å². The molecule has 1 saturated heterocycles. The second-order valence-electron chi connectivity index (χ2n) is 6.90. The van der Waals surface area contributed by atoms with Crippen LogP contribution >= 0.6 is 0 Å². The molecule has 1 aromatic heterocycles. The number of nitrogens with zero attached hydrogens (tertiary/aromatic N) is 3. The molecule has 0 radical (unpaired) electrons. The van der Waals surface area contributed by atoms with E-state index in [4.69, 9.17) is 4.98 Å². The maximum atomic E-state index is 13.1. The molecule has 1 aliphatic rings. The number of carbonyl (C=O) groups is 1. The summed E-state index contributed by atoms with van der Waals surface area (Å²) < 4.78 is 0. The monoisotopic (exact) mass is 360 g/mol. The average molecular weight is 360 g/mol. The van der Waals surface area contributed by atoms with Crippen LogP contribution in [0.4, 0.5) is 11.5 Å². The maximum absolute atomic E-state index is 13.1. The summed E-state index contributed by atoms with van der Waals surface area (Å²) in [5.41, 5.74) is 3.92. The van der Waals surface area contributed by atoms with E-state index >= 15 is 0 Å². The van der Waals surface area contributed by atoms with Crippen molar-refractivity contribution in [3.05, 3.63) is 59.8 Å². The fraction of sp³-hybridized carbons (Fsp3) is 0.318. The standard InChI is InChI=1S/C22H24N4O/c1-2-16-10-4-5-11-17(16)25-22(27)20-21(26-14-8-3-9-15-26)24-19-13-7-6-12-18(19)23-20/h4-7,10-13H,2-3,8-9,14-15H2,1H3,(H,25,27). The molecule has 1 amide bonds. The van der Waals surface area contributed by atoms with Gasteiger partial charge in [-0.1, -0.05) is 37.3 Å². The van der Waals surface area contributed by atoms with Gasteiger partial charge in [-0.05, 0) is 49.4 Å². The SMILES string of the molecule is CCc1ccccc1NC(=O)c1nc2ccccc2nc1N1CCCCC1. The van der Waals surface area contributed by atoms with Crippen molar-refractivity contribution >= 4 is 28.4 Å². The van der Waals surface area contributed by atoms with E-state index in [9.17, 15) is 4.79 Å². The average Bonchev–Trinajstić information content (AvgIpc) is 2.73. The van der Waals surface area contributed by atoms with Gasteiger partial charge in [0.15, 0.2) is 11.5 Å². The highest BCUT2D eigenvalue weighted by Crippen LogP contribution is 2.25. The molecule has 5 nitrogen and oxygen atoms in total. The number of para-hydroxylation sites is 3. The van der Waals surface area contributed by atoms with Crippen molar-refractivity contribution in [3.63, 3.8) is 0 Å². The van der Waals surface area contributed by atoms with Gasteiger partial charge in [0, 0.05) is 18.8 Å². The molecule has 2 aromatic carbocycles. The molecule has 0 unspecified atom stereocenters. The summed E-state index contributed by atoms with van der Waals surface area (Å²) in [6.07, 6.45) is 4.32. The Balaban J connectivity index is 1.75. The molecule has 3 aromatic rings. The summed E-state index contributed by atoms with van der Waals surface area (Å²) in [4.78, 5) is 24.8. The van der Waals surface area contributed by atoms with E-state index in [0.29, 0.717) is 11.5 Å². The molecule has 0 aliphatic carbocycles. The molecule has 27 heavy (non-hydrogen) atoms. The van der Waals surface area contributed by atoms with Crippen molar-refractivity contribution in [1.82, 2.24) is 9.97 Å². The highest BCUT2D eigenvalue weighted by Gasteiger charge is 2.23. The number of fused-ring (bicyclic) bond motifs is 1. The number of piperidine rings is 1. The highest BCUT2D eigenvalue weighted by atomic mass is 16.1. The third-order valence-electron chi connectivity index (χ3n) is 5.07. The molecule has 0 saturated carbocycles. The summed E-state index contributed by atoms with van der Waals surface area (Å²) in [7, 11) is 0. The Morgan fingerprint density at radius 3 is 2.37 bits per heavy atom. The van der Waals surface area contributed by atoms with E-state index < -0.39 is 0 Å². The number of nitrogens with one attached hydrogen (secondary N) is 1. The van der Waals surface area contributed by atoms with Gasteiger partial charge < -0.3 is 10.2 Å². The van der Waals surface area contributed by atoms with Crippen LogP contribution < -0.4 is 10.2 Å². The Hall–Kier alpha value is -2.95. The first-order valence-electron chi connectivity index (χ1n) is 9.67. The second-order valence-corrected chi connectivity index (χ2v) is 6.90. The van der Waals surface area contributed by atoms with Crippen LogP contribution in [-0.2, 0) is 6.42 Å². The van der Waals surface area contributed by atoms with Crippen molar-refractivity contribution in [2.75, 3.05) is 23.3 Å². The molecule has 4 rings (SSSR count). The number of carbonyl (C=O) groups excluding carboxylic acids is 1. The van der Waals surface area contributed by atoms with Crippen molar-refractivity contribution in [3.8, 4) is 0 Å². The van der Waals surface area contributed by atoms with E-state index in [1.807, 2.05) is 48.5 Å². The second kappa shape index (κ2) is 7.74. The number of benzene rings is 2. The molecule has 1 aliphatic heterocycles. The first kappa shape index (κ1) is 17.5. The van der Waals surface area contributed by atoms with Gasteiger partial charge in [0.1, 0.15) is 0 Å². The van der Waals surface area contributed by atoms with Crippen LogP contribution in [0.25, 0.3) is 11.0 Å². The highest BCUT2D eigenvalue weighted by molar-refractivity contribution is 6.07. The van der Waals surface area contributed by atoms with Crippen molar-refractivity contribution in [2.45, 2.75) is 32.6 Å². The van der Waals surface area contributed by atoms with Crippen LogP contribution in [0, 0.1) is 0 Å². The molecule has 1 fully saturated rings. The minimum Gasteiger partial charge on any atom is -0.355 e. The van der Waals surface area contributed by atoms with Gasteiger partial charge >= 0.3 is 0 Å². The Morgan fingerprint density at radius 1 is 0.963 bits per heavy atom. The summed E-state index contributed by atoms with van der Waals surface area (Å²) in [5, 5.41) is 3.05. The minimum absolute atomic E-state index is 0.199. The molecule has 0 spiro atoms. The molecule has 2 heterocycles. The summed E-state index contributed by atoms with van der Waals surface area (Å²) >= 11 is 0. The number of rotatable bonds is 4. The van der Waals surface area contributed by atoms with E-state index in [2.05, 4.69) is 22.1 Å². The lowest BCUT2D eigenvalue weighted by Crippen LogP contribution is -2.33. The minimum atomic E-state index is -0.199. The van der Waals surface area contributed by atoms with Gasteiger partial charge in [-0.15, -0.1) is 0 Å². The Labute approximate surface area is 159 Å². The Bertz CT molecular complexity index is 963. The predicted molar refractivity (Wildman–Crippen MR) is 109 cm³/mol. The number of aryl methyl sites for hydroxylation is 1. The van der Waals surface area contributed by atoms with Gasteiger partial charge in [0.25, 0.3) is 5.91 Å². The molecule has 5 heteroatoms. The van der Waals surface area contributed by atoms with Gasteiger partial charge in [-0.2, -0.15) is 0 Å². The van der Waals surface area contributed by atoms with E-state index in [1.54, 1.807) is 0 Å². The molecule has 1 N–H and O–H groups in total. The first-order chi connectivity index (χ1) is 13.3. The van der Waals surface area contributed by atoms with Crippen molar-refractivity contribution in [1.29, 1.82) is 0 Å². The van der Waals surface area contributed by atoms with Crippen molar-refractivity contribution in [2.24, 2.45) is 0 Å². The van der Waals surface area contributed by atoms with Crippen LogP contribution in [0.3, 0.4) is 0 Å². The number of hydrogen-bond donors (Lipinski definition) is 1. The number of hydrogen-bond acceptors (Lipinski definition) is 4. The Kier molecular flexibility index (Phi) is 5.01. The quantitative estimate of drug-likeness (QED) is 0.747. The lowest BCUT2D eigenvalue weighted by atomic mass is 10.1. The maximum Gasteiger partial charge on any atom is 0.278 e. The third kappa shape index (κ3) is 3.63. The summed E-state index contributed by atoms with van der Waals surface area (Å²) in [6.45, 7) is 3.91. The topological polar surface area (TPSA) is 58.1 Å². The van der Waals surface area contributed by atoms with E-state index in [-0.39, 0.29) is 5.91 Å². The van der Waals surface area contributed by atoms with E-state index in [1.165, 1.54) is 6.42 Å². The van der Waals surface area contributed by atoms with Gasteiger partial charge in [0.05, 0.1) is 11.0 Å². The molecule has 138 valence electrons. The zero-order chi connectivity index (χ0) is 18.6. The summed E-state index contributed by atoms with van der Waals surface area (Å²) in [5.74, 6) is 0.495. The smallest absolute Gasteiger partial charge is 0.278 e. The van der Waals surface area contributed by atoms with Crippen molar-refractivity contribution < 1.29 is 4.79 Å². The fourth-order valence-corrected chi connectivity index (χ4v) is 3.60. The fourth-order valence-electron chi connectivity index (χ4n) is 3.60. The Morgan fingerprint density at radius 2 is 1.63 bits per heavy atom. The normalized spacial score (nSPS) is 14.3. The van der Waals surface area contributed by atoms with Crippen LogP contribution in [0.1, 0.15) is 42.2 Å². The third-order valence-corrected chi connectivity index (χ3v) is 5.07. The van der Waals surface area contributed by atoms with E-state index in [0.717, 1.165) is 54.6 Å². The zero-order valence-corrected chi connectivity index (χ0v) is 15.6. The van der Waals surface area contributed by atoms with Crippen LogP contribution in [0.5, 0.6) is 0 Å². The number of aromatic nitrogens is 2. The van der Waals surface area contributed by atoms with Crippen LogP contribution in [0.15, 0.2) is 48.5 Å². The first-order valence-corrected chi connectivity index (χ1v) is 9.67. The molecular formula is C22H24N4O. The molecule has 0 bridgehead atoms. The zero-order valence-electron chi connectivity index (χ0n) is 15.6. The summed E-state index contributed by atoms with van der Waals surface area (Å²) in [6, 6.07) is 15.6. The largest absolute Gasteiger partial charge is 0.355 e. The van der Waals surface area contributed by atoms with Gasteiger partial charge in [0.2, 0.25) is 0 Å². The van der Waals surface area contributed by atoms with Crippen LogP contribution in [-0.4, -0.2) is 29.0 Å². The molecular weight excluding hydrogens is 336 g/mol. The number of amides is 1. The van der Waals surface area contributed by atoms with Gasteiger partial charge in [-0.3, -0.25) is 4.79 Å². The number of anilines is 2. The van der Waals surface area contributed by atoms with Crippen LogP contribution in [0.2, 0.25) is 0 Å². The predicted octanol–water partition coefficient (Wildman–Crippen LogP) is 4.43.